The maximum Gasteiger partial charge on any atom is 0.190 e. The van der Waals surface area contributed by atoms with Crippen molar-refractivity contribution >= 4 is 17.0 Å². The van der Waals surface area contributed by atoms with Crippen molar-refractivity contribution in [3.63, 3.8) is 0 Å². The van der Waals surface area contributed by atoms with Gasteiger partial charge in [-0.1, -0.05) is 12.1 Å². The fourth-order valence-electron chi connectivity index (χ4n) is 2.16. The average molecular weight is 292 g/mol. The van der Waals surface area contributed by atoms with E-state index >= 15 is 0 Å². The monoisotopic (exact) mass is 292 g/mol. The lowest BCUT2D eigenvalue weighted by Gasteiger charge is -2.14. The average Bonchev–Trinajstić information content (AvgIpc) is 2.80. The summed E-state index contributed by atoms with van der Waals surface area (Å²) in [5, 5.41) is 2.11. The van der Waals surface area contributed by atoms with Crippen LogP contribution in [0.2, 0.25) is 0 Å². The van der Waals surface area contributed by atoms with Gasteiger partial charge in [0.2, 0.25) is 0 Å². The number of hydrogen-bond acceptors (Lipinski definition) is 4. The van der Waals surface area contributed by atoms with Gasteiger partial charge in [-0.25, -0.2) is 4.99 Å². The Kier molecular flexibility index (Phi) is 4.98. The SMILES string of the molecule is COCC(C)n1c(C)csc1=Nc1ccccc1OC. The second-order valence-corrected chi connectivity index (χ2v) is 5.45. The third-order valence-electron chi connectivity index (χ3n) is 3.07. The second-order valence-electron chi connectivity index (χ2n) is 4.62. The lowest BCUT2D eigenvalue weighted by atomic mass is 10.3. The molecule has 108 valence electrons. The molecule has 4 nitrogen and oxygen atoms in total. The number of benzene rings is 1. The van der Waals surface area contributed by atoms with Crippen LogP contribution in [0.1, 0.15) is 18.7 Å². The number of aromatic nitrogens is 1. The number of thiazole rings is 1. The van der Waals surface area contributed by atoms with E-state index in [9.17, 15) is 0 Å². The molecule has 0 aliphatic rings. The molecule has 2 rings (SSSR count). The number of rotatable bonds is 5. The molecule has 0 radical (unpaired) electrons. The highest BCUT2D eigenvalue weighted by Gasteiger charge is 2.10. The minimum Gasteiger partial charge on any atom is -0.494 e. The van der Waals surface area contributed by atoms with Crippen LogP contribution in [0.3, 0.4) is 0 Å². The number of ether oxygens (including phenoxy) is 2. The molecule has 0 aliphatic carbocycles. The summed E-state index contributed by atoms with van der Waals surface area (Å²) in [5.41, 5.74) is 2.03. The number of nitrogens with zero attached hydrogens (tertiary/aromatic N) is 2. The lowest BCUT2D eigenvalue weighted by molar-refractivity contribution is 0.160. The zero-order valence-corrected chi connectivity index (χ0v) is 13.1. The summed E-state index contributed by atoms with van der Waals surface area (Å²) in [6.45, 7) is 4.88. The van der Waals surface area contributed by atoms with Crippen molar-refractivity contribution in [1.29, 1.82) is 0 Å². The van der Waals surface area contributed by atoms with Gasteiger partial charge in [-0.05, 0) is 26.0 Å². The quantitative estimate of drug-likeness (QED) is 0.847. The third kappa shape index (κ3) is 3.11. The topological polar surface area (TPSA) is 35.8 Å². The third-order valence-corrected chi connectivity index (χ3v) is 4.03. The lowest BCUT2D eigenvalue weighted by Crippen LogP contribution is -2.23. The first-order chi connectivity index (χ1) is 9.67. The van der Waals surface area contributed by atoms with Crippen molar-refractivity contribution in [1.82, 2.24) is 4.57 Å². The van der Waals surface area contributed by atoms with Crippen LogP contribution in [-0.4, -0.2) is 25.4 Å². The van der Waals surface area contributed by atoms with Crippen molar-refractivity contribution < 1.29 is 9.47 Å². The van der Waals surface area contributed by atoms with E-state index in [0.717, 1.165) is 16.2 Å². The summed E-state index contributed by atoms with van der Waals surface area (Å²) >= 11 is 1.63. The van der Waals surface area contributed by atoms with Crippen molar-refractivity contribution in [3.8, 4) is 5.75 Å². The van der Waals surface area contributed by atoms with Crippen molar-refractivity contribution in [2.45, 2.75) is 19.9 Å². The maximum absolute atomic E-state index is 5.35. The van der Waals surface area contributed by atoms with Gasteiger partial charge in [0, 0.05) is 18.2 Å². The van der Waals surface area contributed by atoms with Crippen LogP contribution in [0.15, 0.2) is 34.6 Å². The van der Waals surface area contributed by atoms with Crippen LogP contribution in [0.25, 0.3) is 0 Å². The van der Waals surface area contributed by atoms with Gasteiger partial charge in [0.15, 0.2) is 4.80 Å². The van der Waals surface area contributed by atoms with E-state index in [1.807, 2.05) is 24.3 Å². The summed E-state index contributed by atoms with van der Waals surface area (Å²) in [6, 6.07) is 8.03. The largest absolute Gasteiger partial charge is 0.494 e. The van der Waals surface area contributed by atoms with Crippen LogP contribution in [0.4, 0.5) is 5.69 Å². The molecule has 0 bridgehead atoms. The highest BCUT2D eigenvalue weighted by molar-refractivity contribution is 7.07. The van der Waals surface area contributed by atoms with Gasteiger partial charge < -0.3 is 14.0 Å². The van der Waals surface area contributed by atoms with E-state index < -0.39 is 0 Å². The van der Waals surface area contributed by atoms with E-state index in [1.54, 1.807) is 25.6 Å². The van der Waals surface area contributed by atoms with E-state index in [0.29, 0.717) is 6.61 Å². The molecule has 20 heavy (non-hydrogen) atoms. The first-order valence-corrected chi connectivity index (χ1v) is 7.38. The Morgan fingerprint density at radius 1 is 1.30 bits per heavy atom. The van der Waals surface area contributed by atoms with E-state index in [1.165, 1.54) is 5.69 Å². The Balaban J connectivity index is 2.50. The van der Waals surface area contributed by atoms with Crippen molar-refractivity contribution in [2.24, 2.45) is 4.99 Å². The van der Waals surface area contributed by atoms with Gasteiger partial charge in [-0.3, -0.25) is 0 Å². The highest BCUT2D eigenvalue weighted by atomic mass is 32.1. The molecule has 0 spiro atoms. The van der Waals surface area contributed by atoms with Gasteiger partial charge in [0.1, 0.15) is 11.4 Å². The fourth-order valence-corrected chi connectivity index (χ4v) is 3.14. The minimum atomic E-state index is 0.250. The highest BCUT2D eigenvalue weighted by Crippen LogP contribution is 2.26. The van der Waals surface area contributed by atoms with E-state index in [4.69, 9.17) is 14.5 Å². The van der Waals surface area contributed by atoms with Gasteiger partial charge in [0.25, 0.3) is 0 Å². The summed E-state index contributed by atoms with van der Waals surface area (Å²) < 4.78 is 12.8. The number of para-hydroxylation sites is 2. The van der Waals surface area contributed by atoms with Crippen LogP contribution in [0, 0.1) is 6.92 Å². The van der Waals surface area contributed by atoms with E-state index in [2.05, 4.69) is 23.8 Å². The predicted octanol–water partition coefficient (Wildman–Crippen LogP) is 3.31. The van der Waals surface area contributed by atoms with Gasteiger partial charge in [0.05, 0.1) is 19.8 Å². The molecular formula is C15H20N2O2S. The Morgan fingerprint density at radius 3 is 2.75 bits per heavy atom. The summed E-state index contributed by atoms with van der Waals surface area (Å²) in [7, 11) is 3.38. The molecule has 1 aromatic carbocycles. The Bertz CT molecular complexity index is 631. The van der Waals surface area contributed by atoms with Crippen molar-refractivity contribution in [3.05, 3.63) is 40.1 Å². The molecule has 0 saturated carbocycles. The normalized spacial score (nSPS) is 13.5. The zero-order valence-electron chi connectivity index (χ0n) is 12.3. The maximum atomic E-state index is 5.35. The van der Waals surface area contributed by atoms with Crippen LogP contribution in [-0.2, 0) is 4.74 Å². The fraction of sp³-hybridized carbons (Fsp3) is 0.400. The zero-order chi connectivity index (χ0) is 14.5. The van der Waals surface area contributed by atoms with Crippen LogP contribution in [0.5, 0.6) is 5.75 Å². The van der Waals surface area contributed by atoms with Gasteiger partial charge >= 0.3 is 0 Å². The molecule has 0 N–H and O–H groups in total. The van der Waals surface area contributed by atoms with Crippen LogP contribution < -0.4 is 9.54 Å². The molecule has 1 unspecified atom stereocenters. The van der Waals surface area contributed by atoms with Crippen molar-refractivity contribution in [2.75, 3.05) is 20.8 Å². The minimum absolute atomic E-state index is 0.250. The number of aryl methyl sites for hydroxylation is 1. The Hall–Kier alpha value is -1.59. The van der Waals surface area contributed by atoms with E-state index in [-0.39, 0.29) is 6.04 Å². The smallest absolute Gasteiger partial charge is 0.190 e. The molecule has 2 aromatic rings. The molecule has 1 heterocycles. The molecule has 1 aromatic heterocycles. The molecule has 5 heteroatoms. The number of methoxy groups -OCH3 is 2. The molecular weight excluding hydrogens is 272 g/mol. The summed E-state index contributed by atoms with van der Waals surface area (Å²) in [6.07, 6.45) is 0. The molecule has 0 fully saturated rings. The Labute approximate surface area is 123 Å². The number of hydrogen-bond donors (Lipinski definition) is 0. The predicted molar refractivity (Wildman–Crippen MR) is 81.9 cm³/mol. The summed E-state index contributed by atoms with van der Waals surface area (Å²) in [4.78, 5) is 5.69. The Morgan fingerprint density at radius 2 is 2.05 bits per heavy atom. The molecule has 1 atom stereocenters. The molecule has 0 aliphatic heterocycles. The second kappa shape index (κ2) is 6.72. The standard InChI is InChI=1S/C15H20N2O2S/c1-11(9-18-3)17-12(2)10-20-15(17)16-13-7-5-6-8-14(13)19-4/h5-8,10-11H,9H2,1-4H3. The molecule has 0 amide bonds. The van der Waals surface area contributed by atoms with Crippen LogP contribution >= 0.6 is 11.3 Å². The van der Waals surface area contributed by atoms with Gasteiger partial charge in [-0.2, -0.15) is 0 Å². The summed E-state index contributed by atoms with van der Waals surface area (Å²) in [5.74, 6) is 0.782. The van der Waals surface area contributed by atoms with Gasteiger partial charge in [-0.15, -0.1) is 11.3 Å². The first kappa shape index (κ1) is 14.8. The first-order valence-electron chi connectivity index (χ1n) is 6.50. The molecule has 0 saturated heterocycles.